The molecule has 4 fully saturated rings. The van der Waals surface area contributed by atoms with E-state index in [1.165, 1.54) is 18.5 Å². The van der Waals surface area contributed by atoms with Gasteiger partial charge in [0, 0.05) is 67.2 Å². The maximum absolute atomic E-state index is 13.3. The zero-order chi connectivity index (χ0) is 22.9. The van der Waals surface area contributed by atoms with Gasteiger partial charge in [0.15, 0.2) is 0 Å². The van der Waals surface area contributed by atoms with Crippen LogP contribution < -0.4 is 5.73 Å². The lowest BCUT2D eigenvalue weighted by Gasteiger charge is -2.40. The van der Waals surface area contributed by atoms with Crippen LogP contribution in [-0.2, 0) is 0 Å². The van der Waals surface area contributed by atoms with Gasteiger partial charge in [-0.05, 0) is 63.5 Å². The number of pyridine rings is 1. The Morgan fingerprint density at radius 2 is 1.82 bits per heavy atom. The van der Waals surface area contributed by atoms with E-state index in [9.17, 15) is 9.50 Å². The van der Waals surface area contributed by atoms with Gasteiger partial charge in [-0.25, -0.2) is 9.37 Å². The molecule has 2 aliphatic heterocycles. The molecule has 3 unspecified atom stereocenters. The van der Waals surface area contributed by atoms with E-state index < -0.39 is 12.4 Å². The van der Waals surface area contributed by atoms with Crippen LogP contribution in [0.5, 0.6) is 0 Å². The van der Waals surface area contributed by atoms with Gasteiger partial charge < -0.3 is 10.8 Å². The summed E-state index contributed by atoms with van der Waals surface area (Å²) in [7, 11) is 0. The second-order valence-corrected chi connectivity index (χ2v) is 10.8. The zero-order valence-corrected chi connectivity index (χ0v) is 19.6. The lowest BCUT2D eigenvalue weighted by molar-refractivity contribution is 0.0194. The molecule has 2 saturated carbocycles. The molecular weight excluding hydrogens is 419 g/mol. The number of aromatic nitrogens is 3. The van der Waals surface area contributed by atoms with Crippen molar-refractivity contribution in [1.82, 2.24) is 24.6 Å². The van der Waals surface area contributed by atoms with E-state index in [0.29, 0.717) is 48.3 Å². The lowest BCUT2D eigenvalue weighted by atomic mass is 9.99. The zero-order valence-electron chi connectivity index (χ0n) is 19.6. The molecule has 2 saturated heterocycles. The molecule has 178 valence electrons. The number of hydrogen-bond donors (Lipinski definition) is 2. The van der Waals surface area contributed by atoms with Crippen molar-refractivity contribution in [3.05, 3.63) is 29.6 Å². The first kappa shape index (κ1) is 21.5. The number of nitrogens with two attached hydrogens (primary N) is 1. The first-order chi connectivity index (χ1) is 15.9. The lowest BCUT2D eigenvalue weighted by Crippen LogP contribution is -2.53. The minimum Gasteiger partial charge on any atom is -0.383 e. The highest BCUT2D eigenvalue weighted by atomic mass is 19.1. The van der Waals surface area contributed by atoms with Crippen molar-refractivity contribution in [2.24, 2.45) is 11.8 Å². The van der Waals surface area contributed by atoms with E-state index in [2.05, 4.69) is 39.4 Å². The molecule has 4 aliphatic rings. The number of likely N-dealkylation sites (tertiary alicyclic amines) is 2. The first-order valence-electron chi connectivity index (χ1n) is 12.6. The average molecular weight is 455 g/mol. The predicted molar refractivity (Wildman–Crippen MR) is 125 cm³/mol. The standard InChI is InChI=1S/C25H35FN6O/c1-14(2)32-22(23-18-8-17(9-19(18)23)31-12-16(26)13-31)10-21(29-32)15-7-20(24(27)28-11-15)25(33)30-5-3-4-6-30/h7,10-11,14,16-19,23,25,33H,3-6,8-9,12-13H2,1-2H3,(H2,27,28)/t17?,18-,19+,23?,25?. The molecule has 7 nitrogen and oxygen atoms in total. The third kappa shape index (κ3) is 3.67. The number of aliphatic hydroxyl groups is 1. The number of nitrogen functional groups attached to an aromatic ring is 1. The third-order valence-corrected chi connectivity index (χ3v) is 8.41. The van der Waals surface area contributed by atoms with Gasteiger partial charge in [0.25, 0.3) is 0 Å². The number of rotatable bonds is 6. The molecule has 8 heteroatoms. The smallest absolute Gasteiger partial charge is 0.137 e. The molecule has 0 spiro atoms. The van der Waals surface area contributed by atoms with E-state index in [4.69, 9.17) is 10.8 Å². The minimum atomic E-state index is -0.725. The second kappa shape index (κ2) is 8.03. The third-order valence-electron chi connectivity index (χ3n) is 8.41. The highest BCUT2D eigenvalue weighted by Gasteiger charge is 2.59. The van der Waals surface area contributed by atoms with Crippen LogP contribution in [-0.4, -0.2) is 68.1 Å². The highest BCUT2D eigenvalue weighted by molar-refractivity contribution is 5.63. The van der Waals surface area contributed by atoms with Gasteiger partial charge in [-0.15, -0.1) is 0 Å². The van der Waals surface area contributed by atoms with Gasteiger partial charge in [0.2, 0.25) is 0 Å². The first-order valence-corrected chi connectivity index (χ1v) is 12.6. The van der Waals surface area contributed by atoms with Crippen molar-refractivity contribution in [2.75, 3.05) is 31.9 Å². The molecule has 33 heavy (non-hydrogen) atoms. The molecule has 0 bridgehead atoms. The summed E-state index contributed by atoms with van der Waals surface area (Å²) >= 11 is 0. The van der Waals surface area contributed by atoms with Crippen LogP contribution in [0, 0.1) is 11.8 Å². The predicted octanol–water partition coefficient (Wildman–Crippen LogP) is 3.34. The summed E-state index contributed by atoms with van der Waals surface area (Å²) in [5.74, 6) is 2.30. The second-order valence-electron chi connectivity index (χ2n) is 10.8. The van der Waals surface area contributed by atoms with Gasteiger partial charge >= 0.3 is 0 Å². The quantitative estimate of drug-likeness (QED) is 0.697. The van der Waals surface area contributed by atoms with Gasteiger partial charge in [0.1, 0.15) is 18.2 Å². The largest absolute Gasteiger partial charge is 0.383 e. The highest BCUT2D eigenvalue weighted by Crippen LogP contribution is 2.64. The molecule has 4 heterocycles. The topological polar surface area (TPSA) is 83.4 Å². The molecule has 2 aromatic rings. The Hall–Kier alpha value is -2.03. The Morgan fingerprint density at radius 1 is 1.12 bits per heavy atom. The summed E-state index contributed by atoms with van der Waals surface area (Å²) in [5.41, 5.74) is 9.92. The van der Waals surface area contributed by atoms with Crippen molar-refractivity contribution < 1.29 is 9.50 Å². The van der Waals surface area contributed by atoms with E-state index in [1.807, 2.05) is 6.07 Å². The Bertz CT molecular complexity index is 1020. The number of nitrogens with zero attached hydrogens (tertiary/aromatic N) is 5. The molecule has 0 aromatic carbocycles. The van der Waals surface area contributed by atoms with Crippen LogP contribution in [0.25, 0.3) is 11.3 Å². The van der Waals surface area contributed by atoms with Crippen LogP contribution in [0.2, 0.25) is 0 Å². The van der Waals surface area contributed by atoms with Gasteiger partial charge in [-0.1, -0.05) is 0 Å². The maximum Gasteiger partial charge on any atom is 0.137 e. The summed E-state index contributed by atoms with van der Waals surface area (Å²) in [6, 6.07) is 5.01. The summed E-state index contributed by atoms with van der Waals surface area (Å²) in [4.78, 5) is 8.79. The summed E-state index contributed by atoms with van der Waals surface area (Å²) in [5, 5.41) is 15.9. The van der Waals surface area contributed by atoms with Crippen LogP contribution in [0.1, 0.15) is 69.0 Å². The summed E-state index contributed by atoms with van der Waals surface area (Å²) in [6.07, 6.45) is 4.98. The van der Waals surface area contributed by atoms with Gasteiger partial charge in [0.05, 0.1) is 5.69 Å². The number of halogens is 1. The van der Waals surface area contributed by atoms with Crippen LogP contribution in [0.15, 0.2) is 18.3 Å². The fourth-order valence-corrected chi connectivity index (χ4v) is 6.54. The van der Waals surface area contributed by atoms with E-state index >= 15 is 0 Å². The van der Waals surface area contributed by atoms with Crippen LogP contribution >= 0.6 is 0 Å². The number of fused-ring (bicyclic) bond motifs is 1. The number of hydrogen-bond acceptors (Lipinski definition) is 6. The minimum absolute atomic E-state index is 0.268. The molecule has 3 N–H and O–H groups in total. The normalized spacial score (nSPS) is 31.2. The van der Waals surface area contributed by atoms with Crippen LogP contribution in [0.4, 0.5) is 10.2 Å². The van der Waals surface area contributed by atoms with Crippen molar-refractivity contribution in [2.45, 2.75) is 69.9 Å². The maximum atomic E-state index is 13.3. The number of anilines is 1. The van der Waals surface area contributed by atoms with E-state index in [1.54, 1.807) is 6.20 Å². The molecule has 6 rings (SSSR count). The molecular formula is C25H35FN6O. The molecule has 2 aromatic heterocycles. The molecule has 0 amide bonds. The van der Waals surface area contributed by atoms with E-state index in [0.717, 1.165) is 37.2 Å². The van der Waals surface area contributed by atoms with Crippen molar-refractivity contribution in [3.8, 4) is 11.3 Å². The number of aliphatic hydroxyl groups excluding tert-OH is 1. The van der Waals surface area contributed by atoms with E-state index in [-0.39, 0.29) is 6.04 Å². The van der Waals surface area contributed by atoms with Crippen molar-refractivity contribution >= 4 is 5.82 Å². The van der Waals surface area contributed by atoms with Gasteiger partial charge in [-0.3, -0.25) is 14.5 Å². The Morgan fingerprint density at radius 3 is 2.45 bits per heavy atom. The molecule has 5 atom stereocenters. The molecule has 2 aliphatic carbocycles. The Labute approximate surface area is 194 Å². The average Bonchev–Trinajstić information content (AvgIpc) is 3.29. The van der Waals surface area contributed by atoms with Crippen molar-refractivity contribution in [1.29, 1.82) is 0 Å². The fraction of sp³-hybridized carbons (Fsp3) is 0.680. The monoisotopic (exact) mass is 454 g/mol. The fourth-order valence-electron chi connectivity index (χ4n) is 6.54. The summed E-state index contributed by atoms with van der Waals surface area (Å²) < 4.78 is 15.5. The van der Waals surface area contributed by atoms with Crippen molar-refractivity contribution in [3.63, 3.8) is 0 Å². The van der Waals surface area contributed by atoms with Crippen LogP contribution in [0.3, 0.4) is 0 Å². The summed E-state index contributed by atoms with van der Waals surface area (Å²) in [6.45, 7) is 7.35. The van der Waals surface area contributed by atoms with Gasteiger partial charge in [-0.2, -0.15) is 5.10 Å². The number of alkyl halides is 1. The SMILES string of the molecule is CC(C)n1nc(-c2cnc(N)c(C(O)N3CCCC3)c2)cc1C1[C@H]2CC(N3CC(F)C3)C[C@@H]12. The Balaban J connectivity index is 1.24. The Kier molecular flexibility index (Phi) is 5.23. The molecule has 0 radical (unpaired) electrons.